The molecule has 1 aliphatic rings. The van der Waals surface area contributed by atoms with Gasteiger partial charge in [-0.3, -0.25) is 0 Å². The predicted molar refractivity (Wildman–Crippen MR) is 39.9 cm³/mol. The molecule has 0 radical (unpaired) electrons. The molecule has 0 atom stereocenters. The van der Waals surface area contributed by atoms with Gasteiger partial charge in [0.1, 0.15) is 5.75 Å². The molecule has 0 unspecified atom stereocenters. The molecule has 0 amide bonds. The van der Waals surface area contributed by atoms with Gasteiger partial charge in [0.15, 0.2) is 0 Å². The zero-order valence-corrected chi connectivity index (χ0v) is 5.59. The van der Waals surface area contributed by atoms with Crippen LogP contribution >= 0.6 is 0 Å². The third kappa shape index (κ3) is 0.588. The molecule has 1 aromatic rings. The first-order valence-electron chi connectivity index (χ1n) is 3.37. The van der Waals surface area contributed by atoms with Crippen LogP contribution in [-0.2, 0) is 12.8 Å². The summed E-state index contributed by atoms with van der Waals surface area (Å²) in [7, 11) is 0. The van der Waals surface area contributed by atoms with E-state index in [1.807, 2.05) is 6.07 Å². The van der Waals surface area contributed by atoms with E-state index in [2.05, 4.69) is 0 Å². The van der Waals surface area contributed by atoms with Gasteiger partial charge in [0.25, 0.3) is 0 Å². The summed E-state index contributed by atoms with van der Waals surface area (Å²) in [5.74, 6) is 0.221. The molecule has 3 N–H and O–H groups in total. The predicted octanol–water partition coefficient (Wildman–Crippen LogP) is 1.07. The Bertz CT molecular complexity index is 241. The van der Waals surface area contributed by atoms with Crippen molar-refractivity contribution in [3.63, 3.8) is 0 Å². The van der Waals surface area contributed by atoms with Crippen LogP contribution in [0, 0.1) is 0 Å². The van der Waals surface area contributed by atoms with Crippen molar-refractivity contribution < 1.29 is 5.11 Å². The van der Waals surface area contributed by atoms with Gasteiger partial charge in [-0.1, -0.05) is 0 Å². The van der Waals surface area contributed by atoms with Crippen molar-refractivity contribution in [2.45, 2.75) is 12.8 Å². The number of aromatic hydroxyl groups is 1. The van der Waals surface area contributed by atoms with E-state index >= 15 is 0 Å². The third-order valence-corrected chi connectivity index (χ3v) is 2.01. The number of anilines is 1. The standard InChI is InChI=1S/C8H9NO/c9-7-3-5-1-2-6(5)4-8(7)10/h3-4,10H,1-2,9H2. The van der Waals surface area contributed by atoms with E-state index in [0.717, 1.165) is 12.8 Å². The summed E-state index contributed by atoms with van der Waals surface area (Å²) < 4.78 is 0. The van der Waals surface area contributed by atoms with Gasteiger partial charge in [0, 0.05) is 0 Å². The van der Waals surface area contributed by atoms with E-state index in [0.29, 0.717) is 5.69 Å². The Kier molecular flexibility index (Phi) is 0.926. The molecule has 52 valence electrons. The second-order valence-electron chi connectivity index (χ2n) is 2.68. The van der Waals surface area contributed by atoms with E-state index in [-0.39, 0.29) is 5.75 Å². The summed E-state index contributed by atoms with van der Waals surface area (Å²) in [5, 5.41) is 9.13. The molecule has 0 fully saturated rings. The lowest BCUT2D eigenvalue weighted by molar-refractivity contribution is 0.476. The van der Waals surface area contributed by atoms with Crippen LogP contribution in [-0.4, -0.2) is 5.11 Å². The molecule has 0 saturated heterocycles. The highest BCUT2D eigenvalue weighted by molar-refractivity contribution is 5.58. The lowest BCUT2D eigenvalue weighted by Crippen LogP contribution is -2.08. The van der Waals surface area contributed by atoms with Crippen LogP contribution in [0.3, 0.4) is 0 Å². The Morgan fingerprint density at radius 1 is 1.20 bits per heavy atom. The molecule has 1 aliphatic carbocycles. The van der Waals surface area contributed by atoms with Crippen molar-refractivity contribution in [3.05, 3.63) is 23.3 Å². The second-order valence-corrected chi connectivity index (χ2v) is 2.68. The molecule has 0 heterocycles. The Hall–Kier alpha value is -1.18. The number of phenols is 1. The van der Waals surface area contributed by atoms with Gasteiger partial charge < -0.3 is 10.8 Å². The number of hydrogen-bond donors (Lipinski definition) is 2. The van der Waals surface area contributed by atoms with Gasteiger partial charge in [0.05, 0.1) is 5.69 Å². The highest BCUT2D eigenvalue weighted by Crippen LogP contribution is 2.31. The maximum atomic E-state index is 9.13. The number of nitrogens with two attached hydrogens (primary N) is 1. The average molecular weight is 135 g/mol. The van der Waals surface area contributed by atoms with E-state index in [9.17, 15) is 0 Å². The van der Waals surface area contributed by atoms with Crippen molar-refractivity contribution in [1.82, 2.24) is 0 Å². The van der Waals surface area contributed by atoms with E-state index in [1.54, 1.807) is 6.07 Å². The van der Waals surface area contributed by atoms with E-state index < -0.39 is 0 Å². The number of hydrogen-bond acceptors (Lipinski definition) is 2. The smallest absolute Gasteiger partial charge is 0.138 e. The zero-order chi connectivity index (χ0) is 7.14. The van der Waals surface area contributed by atoms with Gasteiger partial charge in [-0.15, -0.1) is 0 Å². The molecule has 0 aromatic heterocycles. The minimum Gasteiger partial charge on any atom is -0.506 e. The maximum Gasteiger partial charge on any atom is 0.138 e. The minimum atomic E-state index is 0.221. The Morgan fingerprint density at radius 3 is 2.30 bits per heavy atom. The number of aryl methyl sites for hydroxylation is 2. The lowest BCUT2D eigenvalue weighted by Gasteiger charge is -2.19. The van der Waals surface area contributed by atoms with Crippen LogP contribution in [0.1, 0.15) is 11.1 Å². The summed E-state index contributed by atoms with van der Waals surface area (Å²) >= 11 is 0. The van der Waals surface area contributed by atoms with Crippen LogP contribution in [0.4, 0.5) is 5.69 Å². The first-order valence-corrected chi connectivity index (χ1v) is 3.37. The SMILES string of the molecule is Nc1cc2c(cc1O)CC2. The molecule has 0 spiro atoms. The van der Waals surface area contributed by atoms with Gasteiger partial charge in [-0.25, -0.2) is 0 Å². The molecule has 0 saturated carbocycles. The van der Waals surface area contributed by atoms with Crippen molar-refractivity contribution in [2.24, 2.45) is 0 Å². The summed E-state index contributed by atoms with van der Waals surface area (Å²) in [4.78, 5) is 0. The highest BCUT2D eigenvalue weighted by Gasteiger charge is 2.14. The fourth-order valence-corrected chi connectivity index (χ4v) is 1.25. The fourth-order valence-electron chi connectivity index (χ4n) is 1.25. The molecule has 10 heavy (non-hydrogen) atoms. The number of fused-ring (bicyclic) bond motifs is 1. The fraction of sp³-hybridized carbons (Fsp3) is 0.250. The van der Waals surface area contributed by atoms with Gasteiger partial charge in [-0.2, -0.15) is 0 Å². The van der Waals surface area contributed by atoms with Crippen LogP contribution in [0.5, 0.6) is 5.75 Å². The average Bonchev–Trinajstić information content (AvgIpc) is 1.89. The second kappa shape index (κ2) is 1.66. The Balaban J connectivity index is 2.60. The van der Waals surface area contributed by atoms with Crippen molar-refractivity contribution in [3.8, 4) is 5.75 Å². The number of nitrogen functional groups attached to an aromatic ring is 1. The molecule has 1 aromatic carbocycles. The summed E-state index contributed by atoms with van der Waals surface area (Å²) in [6, 6.07) is 3.61. The topological polar surface area (TPSA) is 46.2 Å². The highest BCUT2D eigenvalue weighted by atomic mass is 16.3. The van der Waals surface area contributed by atoms with Crippen molar-refractivity contribution in [2.75, 3.05) is 5.73 Å². The molecule has 2 heteroatoms. The first kappa shape index (κ1) is 5.59. The number of rotatable bonds is 0. The number of benzene rings is 1. The number of phenolic OH excluding ortho intramolecular Hbond substituents is 1. The molecular weight excluding hydrogens is 126 g/mol. The van der Waals surface area contributed by atoms with Crippen molar-refractivity contribution >= 4 is 5.69 Å². The summed E-state index contributed by atoms with van der Waals surface area (Å²) in [5.41, 5.74) is 8.50. The van der Waals surface area contributed by atoms with Crippen LogP contribution in [0.25, 0.3) is 0 Å². The van der Waals surface area contributed by atoms with Crippen molar-refractivity contribution in [1.29, 1.82) is 0 Å². The van der Waals surface area contributed by atoms with Crippen LogP contribution in [0.2, 0.25) is 0 Å². The van der Waals surface area contributed by atoms with Crippen LogP contribution in [0.15, 0.2) is 12.1 Å². The van der Waals surface area contributed by atoms with Gasteiger partial charge in [-0.05, 0) is 36.1 Å². The normalized spacial score (nSPS) is 14.0. The molecule has 2 rings (SSSR count). The maximum absolute atomic E-state index is 9.13. The monoisotopic (exact) mass is 135 g/mol. The summed E-state index contributed by atoms with van der Waals surface area (Å²) in [6.45, 7) is 0. The van der Waals surface area contributed by atoms with E-state index in [1.165, 1.54) is 11.1 Å². The van der Waals surface area contributed by atoms with E-state index in [4.69, 9.17) is 10.8 Å². The van der Waals surface area contributed by atoms with Gasteiger partial charge >= 0.3 is 0 Å². The lowest BCUT2D eigenvalue weighted by atomic mass is 9.88. The minimum absolute atomic E-state index is 0.221. The quantitative estimate of drug-likeness (QED) is 0.413. The zero-order valence-electron chi connectivity index (χ0n) is 5.59. The van der Waals surface area contributed by atoms with Gasteiger partial charge in [0.2, 0.25) is 0 Å². The third-order valence-electron chi connectivity index (χ3n) is 2.01. The molecule has 2 nitrogen and oxygen atoms in total. The van der Waals surface area contributed by atoms with Crippen LogP contribution < -0.4 is 5.73 Å². The Labute approximate surface area is 59.3 Å². The molecule has 0 aliphatic heterocycles. The summed E-state index contributed by atoms with van der Waals surface area (Å²) in [6.07, 6.45) is 2.20. The Morgan fingerprint density at radius 2 is 1.80 bits per heavy atom. The first-order chi connectivity index (χ1) is 4.77. The molecule has 0 bridgehead atoms. The molecular formula is C8H9NO. The largest absolute Gasteiger partial charge is 0.506 e.